The van der Waals surface area contributed by atoms with Crippen LogP contribution in [0.4, 0.5) is 4.79 Å². The molecule has 0 spiro atoms. The number of hydrogen-bond donors (Lipinski definition) is 1. The number of urea groups is 1. The molecule has 0 bridgehead atoms. The first-order valence-electron chi connectivity index (χ1n) is 7.86. The first-order chi connectivity index (χ1) is 11.3. The van der Waals surface area contributed by atoms with Crippen molar-refractivity contribution in [3.63, 3.8) is 0 Å². The molecule has 0 saturated carbocycles. The number of aromatic nitrogens is 1. The summed E-state index contributed by atoms with van der Waals surface area (Å²) in [6.07, 6.45) is 2.01. The zero-order valence-corrected chi connectivity index (χ0v) is 13.8. The minimum Gasteiger partial charge on any atom is -0.375 e. The number of hydrogen-bond acceptors (Lipinski definition) is 4. The molecule has 5 nitrogen and oxygen atoms in total. The normalized spacial score (nSPS) is 17.9. The van der Waals surface area contributed by atoms with Gasteiger partial charge >= 0.3 is 6.03 Å². The van der Waals surface area contributed by atoms with Crippen molar-refractivity contribution in [2.75, 3.05) is 19.7 Å². The average Bonchev–Trinajstić information content (AvgIpc) is 3.12. The van der Waals surface area contributed by atoms with Crippen molar-refractivity contribution in [3.05, 3.63) is 52.5 Å². The van der Waals surface area contributed by atoms with Crippen LogP contribution in [0.1, 0.15) is 17.7 Å². The van der Waals surface area contributed by atoms with E-state index in [2.05, 4.69) is 34.6 Å². The van der Waals surface area contributed by atoms with Crippen LogP contribution in [0.15, 0.2) is 41.2 Å². The molecule has 2 heterocycles. The van der Waals surface area contributed by atoms with Crippen molar-refractivity contribution in [1.29, 1.82) is 0 Å². The van der Waals surface area contributed by atoms with Crippen LogP contribution >= 0.6 is 11.3 Å². The SMILES string of the molecule is O=C(NCc1cscn1)N1CCO[C@H](CCc2ccccc2)C1. The number of carbonyl (C=O) groups is 1. The fourth-order valence-corrected chi connectivity index (χ4v) is 3.21. The number of benzene rings is 1. The van der Waals surface area contributed by atoms with Gasteiger partial charge in [-0.1, -0.05) is 30.3 Å². The molecule has 2 aromatic rings. The molecule has 0 radical (unpaired) electrons. The molecule has 3 rings (SSSR count). The van der Waals surface area contributed by atoms with Crippen LogP contribution in [-0.4, -0.2) is 41.7 Å². The Morgan fingerprint density at radius 2 is 2.26 bits per heavy atom. The highest BCUT2D eigenvalue weighted by Gasteiger charge is 2.23. The summed E-state index contributed by atoms with van der Waals surface area (Å²) in [5, 5.41) is 4.87. The van der Waals surface area contributed by atoms with E-state index in [1.165, 1.54) is 16.9 Å². The Kier molecular flexibility index (Phi) is 5.60. The molecule has 1 saturated heterocycles. The van der Waals surface area contributed by atoms with Gasteiger partial charge in [0, 0.05) is 18.5 Å². The summed E-state index contributed by atoms with van der Waals surface area (Å²) in [6.45, 7) is 2.37. The Hall–Kier alpha value is -1.92. The van der Waals surface area contributed by atoms with Crippen molar-refractivity contribution in [3.8, 4) is 0 Å². The number of ether oxygens (including phenoxy) is 1. The van der Waals surface area contributed by atoms with Crippen molar-refractivity contribution in [2.45, 2.75) is 25.5 Å². The maximum Gasteiger partial charge on any atom is 0.317 e. The number of rotatable bonds is 5. The summed E-state index contributed by atoms with van der Waals surface area (Å²) >= 11 is 1.54. The van der Waals surface area contributed by atoms with Crippen LogP contribution in [0.2, 0.25) is 0 Å². The van der Waals surface area contributed by atoms with Crippen molar-refractivity contribution >= 4 is 17.4 Å². The van der Waals surface area contributed by atoms with Gasteiger partial charge in [-0.25, -0.2) is 9.78 Å². The molecule has 6 heteroatoms. The zero-order valence-electron chi connectivity index (χ0n) is 13.0. The number of nitrogens with one attached hydrogen (secondary N) is 1. The monoisotopic (exact) mass is 331 g/mol. The molecule has 1 N–H and O–H groups in total. The Bertz CT molecular complexity index is 604. The molecule has 1 atom stereocenters. The molecule has 1 aromatic heterocycles. The predicted molar refractivity (Wildman–Crippen MR) is 90.4 cm³/mol. The van der Waals surface area contributed by atoms with E-state index in [4.69, 9.17) is 4.74 Å². The van der Waals surface area contributed by atoms with Gasteiger partial charge < -0.3 is 15.0 Å². The van der Waals surface area contributed by atoms with Gasteiger partial charge in [-0.15, -0.1) is 11.3 Å². The van der Waals surface area contributed by atoms with Crippen LogP contribution in [-0.2, 0) is 17.7 Å². The van der Waals surface area contributed by atoms with E-state index in [1.807, 2.05) is 16.3 Å². The van der Waals surface area contributed by atoms with E-state index in [0.717, 1.165) is 18.5 Å². The Balaban J connectivity index is 1.44. The molecular weight excluding hydrogens is 310 g/mol. The number of aryl methyl sites for hydroxylation is 1. The predicted octanol–water partition coefficient (Wildman–Crippen LogP) is 2.69. The van der Waals surface area contributed by atoms with E-state index in [1.54, 1.807) is 5.51 Å². The maximum atomic E-state index is 12.2. The summed E-state index contributed by atoms with van der Waals surface area (Å²) in [5.41, 5.74) is 3.98. The van der Waals surface area contributed by atoms with Gasteiger partial charge in [0.15, 0.2) is 0 Å². The number of thiazole rings is 1. The third kappa shape index (κ3) is 4.77. The second-order valence-corrected chi connectivity index (χ2v) is 6.32. The van der Waals surface area contributed by atoms with Gasteiger partial charge in [0.2, 0.25) is 0 Å². The smallest absolute Gasteiger partial charge is 0.317 e. The molecule has 2 amide bonds. The third-order valence-electron chi connectivity index (χ3n) is 3.93. The minimum absolute atomic E-state index is 0.0361. The standard InChI is InChI=1S/C17H21N3O2S/c21-17(18-10-15-12-23-13-19-15)20-8-9-22-16(11-20)7-6-14-4-2-1-3-5-14/h1-5,12-13,16H,6-11H2,(H,18,21)/t16-/m1/s1. The number of morpholine rings is 1. The number of carbonyl (C=O) groups excluding carboxylic acids is 1. The lowest BCUT2D eigenvalue weighted by molar-refractivity contribution is -0.0176. The largest absolute Gasteiger partial charge is 0.375 e. The lowest BCUT2D eigenvalue weighted by Gasteiger charge is -2.33. The Morgan fingerprint density at radius 1 is 1.39 bits per heavy atom. The van der Waals surface area contributed by atoms with Gasteiger partial charge in [0.05, 0.1) is 30.5 Å². The highest BCUT2D eigenvalue weighted by molar-refractivity contribution is 7.07. The van der Waals surface area contributed by atoms with Crippen LogP contribution in [0.5, 0.6) is 0 Å². The molecule has 0 unspecified atom stereocenters. The average molecular weight is 331 g/mol. The summed E-state index contributed by atoms with van der Waals surface area (Å²) in [4.78, 5) is 18.3. The first kappa shape index (κ1) is 16.0. The molecular formula is C17H21N3O2S. The fourth-order valence-electron chi connectivity index (χ4n) is 2.65. The molecule has 23 heavy (non-hydrogen) atoms. The van der Waals surface area contributed by atoms with Crippen molar-refractivity contribution in [2.24, 2.45) is 0 Å². The van der Waals surface area contributed by atoms with Crippen LogP contribution in [0, 0.1) is 0 Å². The van der Waals surface area contributed by atoms with Crippen LogP contribution in [0.3, 0.4) is 0 Å². The molecule has 1 fully saturated rings. The summed E-state index contributed by atoms with van der Waals surface area (Å²) in [5.74, 6) is 0. The number of nitrogens with zero attached hydrogens (tertiary/aromatic N) is 2. The van der Waals surface area contributed by atoms with E-state index in [-0.39, 0.29) is 12.1 Å². The van der Waals surface area contributed by atoms with Gasteiger partial charge in [-0.05, 0) is 18.4 Å². The first-order valence-corrected chi connectivity index (χ1v) is 8.81. The van der Waals surface area contributed by atoms with Crippen LogP contribution in [0.25, 0.3) is 0 Å². The third-order valence-corrected chi connectivity index (χ3v) is 4.56. The maximum absolute atomic E-state index is 12.2. The molecule has 1 aliphatic heterocycles. The van der Waals surface area contributed by atoms with Crippen molar-refractivity contribution in [1.82, 2.24) is 15.2 Å². The van der Waals surface area contributed by atoms with E-state index in [9.17, 15) is 4.79 Å². The molecule has 1 aromatic carbocycles. The fraction of sp³-hybridized carbons (Fsp3) is 0.412. The molecule has 1 aliphatic rings. The minimum atomic E-state index is -0.0361. The second-order valence-electron chi connectivity index (χ2n) is 5.60. The van der Waals surface area contributed by atoms with Gasteiger partial charge in [0.25, 0.3) is 0 Å². The quantitative estimate of drug-likeness (QED) is 0.916. The van der Waals surface area contributed by atoms with E-state index in [0.29, 0.717) is 26.2 Å². The van der Waals surface area contributed by atoms with Crippen molar-refractivity contribution < 1.29 is 9.53 Å². The molecule has 0 aliphatic carbocycles. The Morgan fingerprint density at radius 3 is 3.04 bits per heavy atom. The van der Waals surface area contributed by atoms with E-state index >= 15 is 0 Å². The second kappa shape index (κ2) is 8.08. The topological polar surface area (TPSA) is 54.5 Å². The van der Waals surface area contributed by atoms with Gasteiger partial charge in [-0.2, -0.15) is 0 Å². The summed E-state index contributed by atoms with van der Waals surface area (Å²) < 4.78 is 5.80. The Labute approximate surface area is 140 Å². The highest BCUT2D eigenvalue weighted by Crippen LogP contribution is 2.13. The van der Waals surface area contributed by atoms with Gasteiger partial charge in [-0.3, -0.25) is 0 Å². The van der Waals surface area contributed by atoms with Crippen LogP contribution < -0.4 is 5.32 Å². The highest BCUT2D eigenvalue weighted by atomic mass is 32.1. The summed E-state index contributed by atoms with van der Waals surface area (Å²) in [6, 6.07) is 10.3. The number of amides is 2. The lowest BCUT2D eigenvalue weighted by Crippen LogP contribution is -2.49. The zero-order chi connectivity index (χ0) is 15.9. The summed E-state index contributed by atoms with van der Waals surface area (Å²) in [7, 11) is 0. The van der Waals surface area contributed by atoms with Gasteiger partial charge in [0.1, 0.15) is 0 Å². The molecule has 122 valence electrons. The van der Waals surface area contributed by atoms with E-state index < -0.39 is 0 Å². The lowest BCUT2D eigenvalue weighted by atomic mass is 10.1.